The molecule has 0 saturated carbocycles. The van der Waals surface area contributed by atoms with Crippen molar-refractivity contribution >= 4 is 17.0 Å². The first-order chi connectivity index (χ1) is 9.74. The van der Waals surface area contributed by atoms with Crippen LogP contribution in [0.2, 0.25) is 0 Å². The Balaban J connectivity index is 1.82. The molecule has 20 heavy (non-hydrogen) atoms. The summed E-state index contributed by atoms with van der Waals surface area (Å²) in [5, 5.41) is 2.90. The van der Waals surface area contributed by atoms with Crippen LogP contribution in [-0.2, 0) is 6.54 Å². The van der Waals surface area contributed by atoms with E-state index in [2.05, 4.69) is 10.3 Å². The van der Waals surface area contributed by atoms with Crippen LogP contribution in [0.25, 0.3) is 11.1 Å². The summed E-state index contributed by atoms with van der Waals surface area (Å²) in [4.78, 5) is 16.5. The standard InChI is InChI=1S/C16H14N2O2/c1-11-18-15-13(8-5-9-14(15)20-11)16(19)17-10-12-6-3-2-4-7-12/h2-9H,10H2,1H3,(H,17,19). The first kappa shape index (κ1) is 12.4. The van der Waals surface area contributed by atoms with Crippen molar-refractivity contribution in [1.29, 1.82) is 0 Å². The molecule has 2 aromatic carbocycles. The van der Waals surface area contributed by atoms with E-state index in [4.69, 9.17) is 4.42 Å². The number of oxazole rings is 1. The molecule has 0 aliphatic carbocycles. The van der Waals surface area contributed by atoms with Crippen molar-refractivity contribution in [3.63, 3.8) is 0 Å². The molecule has 0 aliphatic rings. The average Bonchev–Trinajstić information content (AvgIpc) is 2.85. The molecular weight excluding hydrogens is 252 g/mol. The van der Waals surface area contributed by atoms with E-state index in [-0.39, 0.29) is 5.91 Å². The van der Waals surface area contributed by atoms with Gasteiger partial charge in [0.05, 0.1) is 5.56 Å². The van der Waals surface area contributed by atoms with Gasteiger partial charge in [-0.05, 0) is 17.7 Å². The van der Waals surface area contributed by atoms with Gasteiger partial charge in [0.2, 0.25) is 0 Å². The predicted octanol–water partition coefficient (Wildman–Crippen LogP) is 3.07. The zero-order valence-electron chi connectivity index (χ0n) is 11.1. The van der Waals surface area contributed by atoms with Crippen molar-refractivity contribution in [2.45, 2.75) is 13.5 Å². The van der Waals surface area contributed by atoms with Crippen LogP contribution in [0.3, 0.4) is 0 Å². The van der Waals surface area contributed by atoms with E-state index in [9.17, 15) is 4.79 Å². The second-order valence-electron chi connectivity index (χ2n) is 4.55. The van der Waals surface area contributed by atoms with E-state index >= 15 is 0 Å². The highest BCUT2D eigenvalue weighted by atomic mass is 16.3. The summed E-state index contributed by atoms with van der Waals surface area (Å²) in [6, 6.07) is 15.1. The van der Waals surface area contributed by atoms with E-state index in [1.165, 1.54) is 0 Å². The zero-order valence-corrected chi connectivity index (χ0v) is 11.1. The maximum Gasteiger partial charge on any atom is 0.253 e. The fraction of sp³-hybridized carbons (Fsp3) is 0.125. The third-order valence-corrected chi connectivity index (χ3v) is 3.07. The van der Waals surface area contributed by atoms with Gasteiger partial charge in [-0.1, -0.05) is 36.4 Å². The Morgan fingerprint density at radius 3 is 2.75 bits per heavy atom. The van der Waals surface area contributed by atoms with Crippen LogP contribution < -0.4 is 5.32 Å². The van der Waals surface area contributed by atoms with Gasteiger partial charge in [-0.2, -0.15) is 0 Å². The molecule has 4 heteroatoms. The van der Waals surface area contributed by atoms with Crippen LogP contribution >= 0.6 is 0 Å². The van der Waals surface area contributed by atoms with Crippen molar-refractivity contribution in [3.8, 4) is 0 Å². The fourth-order valence-electron chi connectivity index (χ4n) is 2.12. The molecule has 0 fully saturated rings. The zero-order chi connectivity index (χ0) is 13.9. The van der Waals surface area contributed by atoms with Crippen LogP contribution in [0.1, 0.15) is 21.8 Å². The molecule has 1 N–H and O–H groups in total. The molecule has 0 saturated heterocycles. The largest absolute Gasteiger partial charge is 0.441 e. The highest BCUT2D eigenvalue weighted by Crippen LogP contribution is 2.19. The summed E-state index contributed by atoms with van der Waals surface area (Å²) in [6.45, 7) is 2.26. The third kappa shape index (κ3) is 2.40. The number of nitrogens with one attached hydrogen (secondary N) is 1. The number of aryl methyl sites for hydroxylation is 1. The molecular formula is C16H14N2O2. The van der Waals surface area contributed by atoms with Gasteiger partial charge in [-0.25, -0.2) is 4.98 Å². The van der Waals surface area contributed by atoms with Gasteiger partial charge in [0.1, 0.15) is 5.52 Å². The van der Waals surface area contributed by atoms with Gasteiger partial charge in [0, 0.05) is 13.5 Å². The molecule has 0 radical (unpaired) electrons. The number of para-hydroxylation sites is 1. The van der Waals surface area contributed by atoms with Gasteiger partial charge in [-0.3, -0.25) is 4.79 Å². The summed E-state index contributed by atoms with van der Waals surface area (Å²) in [5.74, 6) is 0.413. The van der Waals surface area contributed by atoms with Crippen molar-refractivity contribution in [2.24, 2.45) is 0 Å². The number of hydrogen-bond donors (Lipinski definition) is 1. The molecule has 0 unspecified atom stereocenters. The molecule has 0 spiro atoms. The highest BCUT2D eigenvalue weighted by Gasteiger charge is 2.13. The minimum atomic E-state index is -0.146. The van der Waals surface area contributed by atoms with Crippen LogP contribution in [0.15, 0.2) is 52.9 Å². The minimum absolute atomic E-state index is 0.146. The molecule has 3 rings (SSSR count). The highest BCUT2D eigenvalue weighted by molar-refractivity contribution is 6.04. The van der Waals surface area contributed by atoms with Gasteiger partial charge < -0.3 is 9.73 Å². The lowest BCUT2D eigenvalue weighted by molar-refractivity contribution is 0.0952. The van der Waals surface area contributed by atoms with E-state index in [1.807, 2.05) is 36.4 Å². The second kappa shape index (κ2) is 5.17. The van der Waals surface area contributed by atoms with Crippen molar-refractivity contribution in [3.05, 3.63) is 65.5 Å². The molecule has 0 aliphatic heterocycles. The summed E-state index contributed by atoms with van der Waals surface area (Å²) in [6.07, 6.45) is 0. The summed E-state index contributed by atoms with van der Waals surface area (Å²) in [5.41, 5.74) is 2.84. The quantitative estimate of drug-likeness (QED) is 0.792. The molecule has 3 aromatic rings. The Hall–Kier alpha value is -2.62. The third-order valence-electron chi connectivity index (χ3n) is 3.07. The molecule has 0 atom stereocenters. The smallest absolute Gasteiger partial charge is 0.253 e. The lowest BCUT2D eigenvalue weighted by atomic mass is 10.1. The van der Waals surface area contributed by atoms with E-state index in [0.29, 0.717) is 29.1 Å². The van der Waals surface area contributed by atoms with Crippen LogP contribution in [0, 0.1) is 6.92 Å². The number of rotatable bonds is 3. The Morgan fingerprint density at radius 2 is 1.95 bits per heavy atom. The Labute approximate surface area is 116 Å². The number of carbonyl (C=O) groups is 1. The first-order valence-corrected chi connectivity index (χ1v) is 6.42. The Morgan fingerprint density at radius 1 is 1.15 bits per heavy atom. The second-order valence-corrected chi connectivity index (χ2v) is 4.55. The van der Waals surface area contributed by atoms with E-state index in [1.54, 1.807) is 19.1 Å². The summed E-state index contributed by atoms with van der Waals surface area (Å²) in [7, 11) is 0. The van der Waals surface area contributed by atoms with Gasteiger partial charge in [0.25, 0.3) is 5.91 Å². The Kier molecular flexibility index (Phi) is 3.21. The Bertz CT molecular complexity index is 748. The van der Waals surface area contributed by atoms with Crippen LogP contribution in [0.5, 0.6) is 0 Å². The number of hydrogen-bond acceptors (Lipinski definition) is 3. The summed E-state index contributed by atoms with van der Waals surface area (Å²) < 4.78 is 5.43. The maximum atomic E-state index is 12.2. The minimum Gasteiger partial charge on any atom is -0.441 e. The molecule has 4 nitrogen and oxygen atoms in total. The molecule has 1 heterocycles. The number of benzene rings is 2. The van der Waals surface area contributed by atoms with Gasteiger partial charge >= 0.3 is 0 Å². The maximum absolute atomic E-state index is 12.2. The van der Waals surface area contributed by atoms with E-state index < -0.39 is 0 Å². The monoisotopic (exact) mass is 266 g/mol. The average molecular weight is 266 g/mol. The number of carbonyl (C=O) groups excluding carboxylic acids is 1. The first-order valence-electron chi connectivity index (χ1n) is 6.42. The summed E-state index contributed by atoms with van der Waals surface area (Å²) >= 11 is 0. The van der Waals surface area contributed by atoms with Crippen molar-refractivity contribution < 1.29 is 9.21 Å². The predicted molar refractivity (Wildman–Crippen MR) is 76.4 cm³/mol. The van der Waals surface area contributed by atoms with E-state index in [0.717, 1.165) is 5.56 Å². The van der Waals surface area contributed by atoms with Gasteiger partial charge in [0.15, 0.2) is 11.5 Å². The molecule has 0 bridgehead atoms. The van der Waals surface area contributed by atoms with Crippen molar-refractivity contribution in [1.82, 2.24) is 10.3 Å². The topological polar surface area (TPSA) is 55.1 Å². The lowest BCUT2D eigenvalue weighted by Crippen LogP contribution is -2.23. The van der Waals surface area contributed by atoms with Gasteiger partial charge in [-0.15, -0.1) is 0 Å². The number of aromatic nitrogens is 1. The van der Waals surface area contributed by atoms with Crippen molar-refractivity contribution in [2.75, 3.05) is 0 Å². The number of nitrogens with zero attached hydrogens (tertiary/aromatic N) is 1. The molecule has 100 valence electrons. The number of fused-ring (bicyclic) bond motifs is 1. The molecule has 1 amide bonds. The van der Waals surface area contributed by atoms with Crippen LogP contribution in [0.4, 0.5) is 0 Å². The fourth-order valence-corrected chi connectivity index (χ4v) is 2.12. The van der Waals surface area contributed by atoms with Crippen LogP contribution in [-0.4, -0.2) is 10.9 Å². The number of amides is 1. The molecule has 1 aromatic heterocycles. The SMILES string of the molecule is Cc1nc2c(C(=O)NCc3ccccc3)cccc2o1. The lowest BCUT2D eigenvalue weighted by Gasteiger charge is -2.05. The normalized spacial score (nSPS) is 10.7.